The van der Waals surface area contributed by atoms with Crippen molar-refractivity contribution in [2.75, 3.05) is 26.7 Å². The molecule has 2 N–H and O–H groups in total. The number of halogens is 7. The Kier molecular flexibility index (Phi) is 10.7. The van der Waals surface area contributed by atoms with Crippen LogP contribution in [0.1, 0.15) is 34.6 Å². The number of hydrogen-bond donors (Lipinski definition) is 1. The standard InChI is InChI=1S/C22H24F6N2O2.ClH/c1-30(20(31)7-8-29)12-17(16-5-3-2-4-6-16)14-32-13-15-9-18(21(23,24)25)11-19(10-15)22(26,27)28;/h2-6,9-11,17H,7-8,12-14,29H2,1H3;1H. The summed E-state index contributed by atoms with van der Waals surface area (Å²) in [6, 6.07) is 10.3. The summed E-state index contributed by atoms with van der Waals surface area (Å²) in [6.07, 6.45) is -9.69. The van der Waals surface area contributed by atoms with Crippen molar-refractivity contribution in [1.82, 2.24) is 4.90 Å². The van der Waals surface area contributed by atoms with Gasteiger partial charge in [-0.25, -0.2) is 0 Å². The zero-order chi connectivity index (χ0) is 23.9. The van der Waals surface area contributed by atoms with Gasteiger partial charge < -0.3 is 15.4 Å². The van der Waals surface area contributed by atoms with Crippen LogP contribution in [0, 0.1) is 0 Å². The van der Waals surface area contributed by atoms with Crippen molar-refractivity contribution < 1.29 is 35.9 Å². The minimum absolute atomic E-state index is 0. The summed E-state index contributed by atoms with van der Waals surface area (Å²) in [5, 5.41) is 0. The minimum Gasteiger partial charge on any atom is -0.376 e. The van der Waals surface area contributed by atoms with Gasteiger partial charge in [0.15, 0.2) is 0 Å². The summed E-state index contributed by atoms with van der Waals surface area (Å²) in [5.74, 6) is -0.517. The Labute approximate surface area is 194 Å². The number of likely N-dealkylation sites (N-methyl/N-ethyl adjacent to an activating group) is 1. The van der Waals surface area contributed by atoms with Crippen molar-refractivity contribution in [3.63, 3.8) is 0 Å². The molecule has 0 saturated carbocycles. The van der Waals surface area contributed by atoms with E-state index in [1.54, 1.807) is 37.4 Å². The highest BCUT2D eigenvalue weighted by Gasteiger charge is 2.36. The Morgan fingerprint density at radius 2 is 1.55 bits per heavy atom. The molecule has 184 valence electrons. The van der Waals surface area contributed by atoms with Gasteiger partial charge in [-0.15, -0.1) is 12.4 Å². The highest BCUT2D eigenvalue weighted by molar-refractivity contribution is 5.85. The fourth-order valence-corrected chi connectivity index (χ4v) is 3.15. The van der Waals surface area contributed by atoms with Crippen LogP contribution in [0.25, 0.3) is 0 Å². The third kappa shape index (κ3) is 8.87. The number of nitrogens with two attached hydrogens (primary N) is 1. The molecule has 0 bridgehead atoms. The van der Waals surface area contributed by atoms with E-state index in [1.165, 1.54) is 4.90 Å². The summed E-state index contributed by atoms with van der Waals surface area (Å²) in [4.78, 5) is 13.5. The number of benzene rings is 2. The smallest absolute Gasteiger partial charge is 0.376 e. The van der Waals surface area contributed by atoms with Crippen molar-refractivity contribution in [3.05, 3.63) is 70.8 Å². The molecule has 2 aromatic carbocycles. The van der Waals surface area contributed by atoms with Crippen LogP contribution >= 0.6 is 12.4 Å². The number of nitrogens with zero attached hydrogens (tertiary/aromatic N) is 1. The molecular weight excluding hydrogens is 474 g/mol. The Morgan fingerprint density at radius 1 is 1.00 bits per heavy atom. The lowest BCUT2D eigenvalue weighted by Crippen LogP contribution is -2.33. The van der Waals surface area contributed by atoms with Gasteiger partial charge in [0.1, 0.15) is 0 Å². The van der Waals surface area contributed by atoms with E-state index < -0.39 is 30.1 Å². The first kappa shape index (κ1) is 28.7. The zero-order valence-electron chi connectivity index (χ0n) is 17.7. The lowest BCUT2D eigenvalue weighted by atomic mass is 9.99. The van der Waals surface area contributed by atoms with Crippen molar-refractivity contribution in [2.24, 2.45) is 5.73 Å². The van der Waals surface area contributed by atoms with E-state index in [-0.39, 0.29) is 62.0 Å². The van der Waals surface area contributed by atoms with Gasteiger partial charge in [0, 0.05) is 32.5 Å². The molecule has 1 atom stereocenters. The molecule has 0 aliphatic carbocycles. The second-order valence-corrected chi connectivity index (χ2v) is 7.35. The van der Waals surface area contributed by atoms with E-state index in [4.69, 9.17) is 10.5 Å². The van der Waals surface area contributed by atoms with Gasteiger partial charge in [-0.1, -0.05) is 30.3 Å². The van der Waals surface area contributed by atoms with Gasteiger partial charge >= 0.3 is 12.4 Å². The van der Waals surface area contributed by atoms with Crippen molar-refractivity contribution in [3.8, 4) is 0 Å². The first-order valence-electron chi connectivity index (χ1n) is 9.77. The van der Waals surface area contributed by atoms with Crippen molar-refractivity contribution in [1.29, 1.82) is 0 Å². The van der Waals surface area contributed by atoms with E-state index in [1.807, 2.05) is 0 Å². The Morgan fingerprint density at radius 3 is 2.03 bits per heavy atom. The highest BCUT2D eigenvalue weighted by atomic mass is 35.5. The van der Waals surface area contributed by atoms with Gasteiger partial charge in [0.05, 0.1) is 24.3 Å². The van der Waals surface area contributed by atoms with Crippen molar-refractivity contribution in [2.45, 2.75) is 31.3 Å². The molecule has 0 saturated heterocycles. The van der Waals surface area contributed by atoms with Gasteiger partial charge in [0.25, 0.3) is 0 Å². The van der Waals surface area contributed by atoms with Crippen LogP contribution < -0.4 is 5.73 Å². The van der Waals surface area contributed by atoms with Crippen LogP contribution in [0.2, 0.25) is 0 Å². The molecule has 0 aliphatic rings. The van der Waals surface area contributed by atoms with E-state index in [2.05, 4.69) is 0 Å². The molecule has 0 aliphatic heterocycles. The van der Waals surface area contributed by atoms with Gasteiger partial charge in [0.2, 0.25) is 5.91 Å². The van der Waals surface area contributed by atoms with Crippen LogP contribution in [0.5, 0.6) is 0 Å². The van der Waals surface area contributed by atoms with Gasteiger partial charge in [-0.05, 0) is 29.3 Å². The molecule has 2 rings (SSSR count). The summed E-state index contributed by atoms with van der Waals surface area (Å²) < 4.78 is 83.7. The molecule has 2 aromatic rings. The second-order valence-electron chi connectivity index (χ2n) is 7.35. The monoisotopic (exact) mass is 498 g/mol. The van der Waals surface area contributed by atoms with E-state index in [0.29, 0.717) is 12.1 Å². The maximum absolute atomic E-state index is 13.0. The topological polar surface area (TPSA) is 55.6 Å². The number of carbonyl (C=O) groups is 1. The van der Waals surface area contributed by atoms with Crippen LogP contribution in [0.15, 0.2) is 48.5 Å². The number of ether oxygens (including phenoxy) is 1. The Hall–Kier alpha value is -2.30. The van der Waals surface area contributed by atoms with Crippen LogP contribution in [0.3, 0.4) is 0 Å². The molecule has 33 heavy (non-hydrogen) atoms. The average molecular weight is 499 g/mol. The largest absolute Gasteiger partial charge is 0.416 e. The van der Waals surface area contributed by atoms with Crippen LogP contribution in [-0.2, 0) is 28.5 Å². The second kappa shape index (κ2) is 12.2. The number of alkyl halides is 6. The molecular formula is C22H25ClF6N2O2. The number of hydrogen-bond acceptors (Lipinski definition) is 3. The molecule has 0 heterocycles. The lowest BCUT2D eigenvalue weighted by molar-refractivity contribution is -0.143. The molecule has 4 nitrogen and oxygen atoms in total. The normalized spacial score (nSPS) is 12.7. The predicted octanol–water partition coefficient (Wildman–Crippen LogP) is 5.25. The summed E-state index contributed by atoms with van der Waals surface area (Å²) in [5.41, 5.74) is 3.20. The van der Waals surface area contributed by atoms with Gasteiger partial charge in [-0.3, -0.25) is 4.79 Å². The van der Waals surface area contributed by atoms with Gasteiger partial charge in [-0.2, -0.15) is 26.3 Å². The summed E-state index contributed by atoms with van der Waals surface area (Å²) >= 11 is 0. The molecule has 0 spiro atoms. The van der Waals surface area contributed by atoms with Crippen LogP contribution in [0.4, 0.5) is 26.3 Å². The predicted molar refractivity (Wildman–Crippen MR) is 114 cm³/mol. The summed E-state index contributed by atoms with van der Waals surface area (Å²) in [7, 11) is 1.59. The highest BCUT2D eigenvalue weighted by Crippen LogP contribution is 2.36. The van der Waals surface area contributed by atoms with Crippen molar-refractivity contribution >= 4 is 18.3 Å². The molecule has 0 radical (unpaired) electrons. The fraction of sp³-hybridized carbons (Fsp3) is 0.409. The Bertz CT molecular complexity index is 858. The fourth-order valence-electron chi connectivity index (χ4n) is 3.15. The third-order valence-corrected chi connectivity index (χ3v) is 4.78. The summed E-state index contributed by atoms with van der Waals surface area (Å²) in [6.45, 7) is -0.0232. The SMILES string of the molecule is CN(CC(COCc1cc(C(F)(F)F)cc(C(F)(F)F)c1)c1ccccc1)C(=O)CCN.Cl. The third-order valence-electron chi connectivity index (χ3n) is 4.78. The number of amides is 1. The van der Waals surface area contributed by atoms with E-state index in [9.17, 15) is 31.1 Å². The molecule has 11 heteroatoms. The molecule has 1 amide bonds. The lowest BCUT2D eigenvalue weighted by Gasteiger charge is -2.25. The molecule has 1 unspecified atom stereocenters. The molecule has 0 fully saturated rings. The quantitative estimate of drug-likeness (QED) is 0.480. The number of rotatable bonds is 9. The zero-order valence-corrected chi connectivity index (χ0v) is 18.6. The van der Waals surface area contributed by atoms with E-state index >= 15 is 0 Å². The number of carbonyl (C=O) groups excluding carboxylic acids is 1. The first-order valence-corrected chi connectivity index (χ1v) is 9.77. The minimum atomic E-state index is -4.92. The molecule has 0 aromatic heterocycles. The Balaban J connectivity index is 0.00000544. The first-order chi connectivity index (χ1) is 14.9. The maximum Gasteiger partial charge on any atom is 0.416 e. The maximum atomic E-state index is 13.0. The van der Waals surface area contributed by atoms with Crippen LogP contribution in [-0.4, -0.2) is 37.6 Å². The van der Waals surface area contributed by atoms with E-state index in [0.717, 1.165) is 5.56 Å². The average Bonchev–Trinajstić information content (AvgIpc) is 2.72.